The van der Waals surface area contributed by atoms with Crippen molar-refractivity contribution >= 4 is 37.3 Å². The first-order valence-corrected chi connectivity index (χ1v) is 9.73. The molecule has 0 heterocycles. The first kappa shape index (κ1) is 18.0. The topological polar surface area (TPSA) is 132 Å². The van der Waals surface area contributed by atoms with Gasteiger partial charge in [-0.25, -0.2) is 26.7 Å². The Bertz CT molecular complexity index is 714. The standard InChI is InChI=1S/C11H17N3O4S3/c12-11(19)10-4-1-3-9(7-10)8-21(17,18)14-5-2-6-20(13,15)16/h1,3-4,7,14H,2,5-6,8H2,(H2,12,19)(H2,13,15,16). The van der Waals surface area contributed by atoms with Gasteiger partial charge in [-0.15, -0.1) is 0 Å². The first-order chi connectivity index (χ1) is 9.59. The van der Waals surface area contributed by atoms with E-state index >= 15 is 0 Å². The van der Waals surface area contributed by atoms with Crippen molar-refractivity contribution in [1.82, 2.24) is 4.72 Å². The van der Waals surface area contributed by atoms with Crippen molar-refractivity contribution in [2.75, 3.05) is 12.3 Å². The Morgan fingerprint density at radius 2 is 1.90 bits per heavy atom. The first-order valence-electron chi connectivity index (χ1n) is 5.96. The molecule has 0 spiro atoms. The maximum Gasteiger partial charge on any atom is 0.215 e. The van der Waals surface area contributed by atoms with Gasteiger partial charge >= 0.3 is 0 Å². The number of sulfonamides is 2. The van der Waals surface area contributed by atoms with E-state index in [1.54, 1.807) is 24.3 Å². The summed E-state index contributed by atoms with van der Waals surface area (Å²) < 4.78 is 47.5. The normalized spacial score (nSPS) is 12.2. The zero-order valence-electron chi connectivity index (χ0n) is 11.2. The van der Waals surface area contributed by atoms with E-state index in [9.17, 15) is 16.8 Å². The minimum atomic E-state index is -3.58. The van der Waals surface area contributed by atoms with Gasteiger partial charge in [0.1, 0.15) is 4.99 Å². The van der Waals surface area contributed by atoms with Crippen molar-refractivity contribution in [3.8, 4) is 0 Å². The lowest BCUT2D eigenvalue weighted by Gasteiger charge is -2.07. The third-order valence-electron chi connectivity index (χ3n) is 2.50. The van der Waals surface area contributed by atoms with Gasteiger partial charge in [0.15, 0.2) is 0 Å². The van der Waals surface area contributed by atoms with Crippen LogP contribution in [0.3, 0.4) is 0 Å². The van der Waals surface area contributed by atoms with E-state index in [1.165, 1.54) is 0 Å². The molecule has 7 nitrogen and oxygen atoms in total. The van der Waals surface area contributed by atoms with Gasteiger partial charge in [-0.2, -0.15) is 0 Å². The largest absolute Gasteiger partial charge is 0.389 e. The molecule has 10 heteroatoms. The van der Waals surface area contributed by atoms with E-state index in [4.69, 9.17) is 23.1 Å². The maximum absolute atomic E-state index is 11.8. The van der Waals surface area contributed by atoms with Crippen LogP contribution < -0.4 is 15.6 Å². The fraction of sp³-hybridized carbons (Fsp3) is 0.364. The predicted octanol–water partition coefficient (Wildman–Crippen LogP) is -0.581. The third-order valence-corrected chi connectivity index (χ3v) is 4.95. The van der Waals surface area contributed by atoms with Crippen molar-refractivity contribution in [3.05, 3.63) is 35.4 Å². The molecule has 0 aromatic heterocycles. The van der Waals surface area contributed by atoms with Crippen molar-refractivity contribution in [2.45, 2.75) is 12.2 Å². The lowest BCUT2D eigenvalue weighted by Crippen LogP contribution is -2.28. The highest BCUT2D eigenvalue weighted by molar-refractivity contribution is 7.89. The Labute approximate surface area is 129 Å². The molecule has 0 saturated heterocycles. The average molecular weight is 351 g/mol. The Balaban J connectivity index is 2.60. The molecule has 0 bridgehead atoms. The summed E-state index contributed by atoms with van der Waals surface area (Å²) in [6.45, 7) is 0.00769. The number of nitrogens with one attached hydrogen (secondary N) is 1. The second-order valence-corrected chi connectivity index (χ2v) is 8.42. The summed E-state index contributed by atoms with van der Waals surface area (Å²) in [4.78, 5) is 0.190. The molecule has 0 saturated carbocycles. The summed E-state index contributed by atoms with van der Waals surface area (Å²) >= 11 is 4.83. The van der Waals surface area contributed by atoms with Crippen LogP contribution in [-0.4, -0.2) is 34.1 Å². The molecule has 118 valence electrons. The van der Waals surface area contributed by atoms with Gasteiger partial charge in [-0.05, 0) is 18.1 Å². The Morgan fingerprint density at radius 3 is 2.48 bits per heavy atom. The fourth-order valence-corrected chi connectivity index (χ4v) is 3.44. The van der Waals surface area contributed by atoms with Crippen molar-refractivity contribution in [2.24, 2.45) is 10.9 Å². The van der Waals surface area contributed by atoms with Crippen LogP contribution in [0.2, 0.25) is 0 Å². The van der Waals surface area contributed by atoms with Crippen molar-refractivity contribution < 1.29 is 16.8 Å². The SMILES string of the molecule is NC(=S)c1cccc(CS(=O)(=O)NCCCS(N)(=O)=O)c1. The van der Waals surface area contributed by atoms with Crippen LogP contribution in [0, 0.1) is 0 Å². The minimum absolute atomic E-state index is 0.00769. The number of nitrogens with two attached hydrogens (primary N) is 2. The quantitative estimate of drug-likeness (QED) is 0.424. The van der Waals surface area contributed by atoms with E-state index in [0.29, 0.717) is 11.1 Å². The van der Waals surface area contributed by atoms with Gasteiger partial charge in [-0.1, -0.05) is 30.4 Å². The lowest BCUT2D eigenvalue weighted by molar-refractivity contribution is 0.576. The molecule has 5 N–H and O–H groups in total. The third kappa shape index (κ3) is 7.48. The highest BCUT2D eigenvalue weighted by atomic mass is 32.2. The van der Waals surface area contributed by atoms with Gasteiger partial charge < -0.3 is 5.73 Å². The van der Waals surface area contributed by atoms with Gasteiger partial charge in [0, 0.05) is 12.1 Å². The molecule has 0 aliphatic rings. The molecule has 1 aromatic carbocycles. The van der Waals surface area contributed by atoms with Gasteiger partial charge in [0.25, 0.3) is 0 Å². The summed E-state index contributed by atoms with van der Waals surface area (Å²) in [7, 11) is -7.14. The van der Waals surface area contributed by atoms with Crippen LogP contribution in [0.5, 0.6) is 0 Å². The molecular weight excluding hydrogens is 334 g/mol. The van der Waals surface area contributed by atoms with Gasteiger partial charge in [0.05, 0.1) is 11.5 Å². The van der Waals surface area contributed by atoms with Crippen LogP contribution in [0.4, 0.5) is 0 Å². The van der Waals surface area contributed by atoms with Gasteiger partial charge in [0.2, 0.25) is 20.0 Å². The molecule has 0 fully saturated rings. The minimum Gasteiger partial charge on any atom is -0.389 e. The smallest absolute Gasteiger partial charge is 0.215 e. The van der Waals surface area contributed by atoms with Crippen LogP contribution in [0.25, 0.3) is 0 Å². The molecule has 0 aliphatic carbocycles. The average Bonchev–Trinajstić information content (AvgIpc) is 2.33. The van der Waals surface area contributed by atoms with E-state index < -0.39 is 20.0 Å². The Morgan fingerprint density at radius 1 is 1.24 bits per heavy atom. The second-order valence-electron chi connectivity index (χ2n) is 4.44. The number of benzene rings is 1. The summed E-state index contributed by atoms with van der Waals surface area (Å²) in [5, 5.41) is 4.82. The molecule has 0 amide bonds. The number of hydrogen-bond donors (Lipinski definition) is 3. The summed E-state index contributed by atoms with van der Waals surface area (Å²) in [5.41, 5.74) is 6.61. The molecule has 1 aromatic rings. The monoisotopic (exact) mass is 351 g/mol. The lowest BCUT2D eigenvalue weighted by atomic mass is 10.1. The number of hydrogen-bond acceptors (Lipinski definition) is 5. The molecular formula is C11H17N3O4S3. The van der Waals surface area contributed by atoms with E-state index in [-0.39, 0.29) is 29.5 Å². The number of rotatable bonds is 8. The predicted molar refractivity (Wildman–Crippen MR) is 85.5 cm³/mol. The number of primary sulfonamides is 1. The Kier molecular flexibility index (Phi) is 6.23. The Hall–Kier alpha value is -1.07. The molecule has 0 atom stereocenters. The van der Waals surface area contributed by atoms with E-state index in [0.717, 1.165) is 0 Å². The van der Waals surface area contributed by atoms with Crippen LogP contribution in [0.1, 0.15) is 17.5 Å². The summed E-state index contributed by atoms with van der Waals surface area (Å²) in [6, 6.07) is 6.61. The molecule has 0 aliphatic heterocycles. The van der Waals surface area contributed by atoms with Gasteiger partial charge in [-0.3, -0.25) is 0 Å². The van der Waals surface area contributed by atoms with E-state index in [1.807, 2.05) is 0 Å². The molecule has 21 heavy (non-hydrogen) atoms. The number of thiocarbonyl (C=S) groups is 1. The van der Waals surface area contributed by atoms with Crippen LogP contribution in [-0.2, 0) is 25.8 Å². The highest BCUT2D eigenvalue weighted by Crippen LogP contribution is 2.08. The highest BCUT2D eigenvalue weighted by Gasteiger charge is 2.12. The maximum atomic E-state index is 11.8. The summed E-state index contributed by atoms with van der Waals surface area (Å²) in [5.74, 6) is -0.509. The molecule has 0 radical (unpaired) electrons. The fourth-order valence-electron chi connectivity index (χ4n) is 1.59. The van der Waals surface area contributed by atoms with E-state index in [2.05, 4.69) is 4.72 Å². The van der Waals surface area contributed by atoms with Crippen molar-refractivity contribution in [3.63, 3.8) is 0 Å². The zero-order valence-corrected chi connectivity index (χ0v) is 13.6. The van der Waals surface area contributed by atoms with Crippen molar-refractivity contribution in [1.29, 1.82) is 0 Å². The molecule has 1 rings (SSSR count). The second kappa shape index (κ2) is 7.27. The molecule has 0 unspecified atom stereocenters. The van der Waals surface area contributed by atoms with Crippen LogP contribution in [0.15, 0.2) is 24.3 Å². The van der Waals surface area contributed by atoms with Crippen LogP contribution >= 0.6 is 12.2 Å². The zero-order chi connectivity index (χ0) is 16.1. The summed E-state index contributed by atoms with van der Waals surface area (Å²) in [6.07, 6.45) is 0.116.